The van der Waals surface area contributed by atoms with Gasteiger partial charge >= 0.3 is 0 Å². The van der Waals surface area contributed by atoms with Gasteiger partial charge in [0.15, 0.2) is 5.96 Å². The lowest BCUT2D eigenvalue weighted by atomic mass is 10.2. The third-order valence-electron chi connectivity index (χ3n) is 2.87. The smallest absolute Gasteiger partial charge is 0.191 e. The predicted octanol–water partition coefficient (Wildman–Crippen LogP) is 2.17. The minimum absolute atomic E-state index is 0.427. The van der Waals surface area contributed by atoms with Crippen molar-refractivity contribution >= 4 is 5.96 Å². The van der Waals surface area contributed by atoms with Crippen molar-refractivity contribution in [3.63, 3.8) is 0 Å². The Bertz CT molecular complexity index is 365. The molecule has 0 spiro atoms. The van der Waals surface area contributed by atoms with Gasteiger partial charge in [-0.3, -0.25) is 4.99 Å². The van der Waals surface area contributed by atoms with E-state index in [2.05, 4.69) is 41.6 Å². The number of hydrogen-bond acceptors (Lipinski definition) is 2. The number of nitrogens with zero attached hydrogens (tertiary/aromatic N) is 1. The van der Waals surface area contributed by atoms with Crippen molar-refractivity contribution < 1.29 is 4.74 Å². The van der Waals surface area contributed by atoms with E-state index in [1.54, 1.807) is 7.05 Å². The summed E-state index contributed by atoms with van der Waals surface area (Å²) in [5.74, 6) is 0.831. The molecular formula is C15H25N3O. The maximum absolute atomic E-state index is 5.60. The van der Waals surface area contributed by atoms with Gasteiger partial charge in [0.25, 0.3) is 0 Å². The fourth-order valence-corrected chi connectivity index (χ4v) is 1.54. The first-order valence-corrected chi connectivity index (χ1v) is 6.85. The molecular weight excluding hydrogens is 238 g/mol. The summed E-state index contributed by atoms with van der Waals surface area (Å²) in [5.41, 5.74) is 1.20. The molecule has 0 fully saturated rings. The molecule has 0 saturated heterocycles. The average molecular weight is 263 g/mol. The predicted molar refractivity (Wildman–Crippen MR) is 80.3 cm³/mol. The summed E-state index contributed by atoms with van der Waals surface area (Å²) < 4.78 is 5.60. The van der Waals surface area contributed by atoms with Crippen LogP contribution in [0.15, 0.2) is 35.3 Å². The minimum atomic E-state index is 0.427. The second-order valence-electron chi connectivity index (χ2n) is 4.49. The largest absolute Gasteiger partial charge is 0.375 e. The minimum Gasteiger partial charge on any atom is -0.375 e. The van der Waals surface area contributed by atoms with Crippen LogP contribution in [0, 0.1) is 0 Å². The zero-order valence-electron chi connectivity index (χ0n) is 12.1. The van der Waals surface area contributed by atoms with Crippen LogP contribution in [-0.4, -0.2) is 32.2 Å². The monoisotopic (exact) mass is 263 g/mol. The van der Waals surface area contributed by atoms with Gasteiger partial charge in [0.1, 0.15) is 0 Å². The van der Waals surface area contributed by atoms with E-state index in [-0.39, 0.29) is 0 Å². The molecule has 0 heterocycles. The Hall–Kier alpha value is -1.55. The lowest BCUT2D eigenvalue weighted by Crippen LogP contribution is -2.43. The van der Waals surface area contributed by atoms with Crippen molar-refractivity contribution in [3.8, 4) is 0 Å². The molecule has 0 saturated carbocycles. The Morgan fingerprint density at radius 1 is 1.32 bits per heavy atom. The highest BCUT2D eigenvalue weighted by atomic mass is 16.5. The Morgan fingerprint density at radius 2 is 2.05 bits per heavy atom. The van der Waals surface area contributed by atoms with Gasteiger partial charge in [-0.2, -0.15) is 0 Å². The quantitative estimate of drug-likeness (QED) is 0.450. The van der Waals surface area contributed by atoms with Crippen LogP contribution in [0.5, 0.6) is 0 Å². The van der Waals surface area contributed by atoms with Crippen molar-refractivity contribution in [2.24, 2.45) is 4.99 Å². The molecule has 1 aromatic rings. The number of ether oxygens (including phenoxy) is 1. The molecule has 1 aromatic carbocycles. The first-order chi connectivity index (χ1) is 9.26. The number of rotatable bonds is 7. The Morgan fingerprint density at radius 3 is 2.68 bits per heavy atom. The van der Waals surface area contributed by atoms with E-state index in [1.807, 2.05) is 18.2 Å². The summed E-state index contributed by atoms with van der Waals surface area (Å²) >= 11 is 0. The highest BCUT2D eigenvalue weighted by molar-refractivity contribution is 5.79. The lowest BCUT2D eigenvalue weighted by Gasteiger charge is -2.16. The molecule has 2 N–H and O–H groups in total. The van der Waals surface area contributed by atoms with E-state index in [1.165, 1.54) is 5.56 Å². The molecule has 1 atom stereocenters. The molecule has 0 radical (unpaired) electrons. The van der Waals surface area contributed by atoms with Crippen LogP contribution in [0.2, 0.25) is 0 Å². The Labute approximate surface area is 116 Å². The average Bonchev–Trinajstić information content (AvgIpc) is 2.46. The first kappa shape index (κ1) is 15.5. The van der Waals surface area contributed by atoms with E-state index in [9.17, 15) is 0 Å². The van der Waals surface area contributed by atoms with Crippen molar-refractivity contribution in [1.82, 2.24) is 10.6 Å². The van der Waals surface area contributed by atoms with Crippen molar-refractivity contribution in [2.45, 2.75) is 32.9 Å². The topological polar surface area (TPSA) is 45.7 Å². The molecule has 1 rings (SSSR count). The summed E-state index contributed by atoms with van der Waals surface area (Å²) in [6, 6.07) is 10.6. The van der Waals surface area contributed by atoms with Gasteiger partial charge in [-0.05, 0) is 18.9 Å². The molecule has 0 aliphatic rings. The lowest BCUT2D eigenvalue weighted by molar-refractivity contribution is 0.125. The van der Waals surface area contributed by atoms with Crippen molar-refractivity contribution in [3.05, 3.63) is 35.9 Å². The zero-order valence-corrected chi connectivity index (χ0v) is 12.1. The number of guanidine groups is 1. The Kier molecular flexibility index (Phi) is 7.66. The van der Waals surface area contributed by atoms with Crippen LogP contribution in [0.25, 0.3) is 0 Å². The number of hydrogen-bond donors (Lipinski definition) is 2. The summed E-state index contributed by atoms with van der Waals surface area (Å²) in [6.07, 6.45) is 1.07. The standard InChI is InChI=1S/C15H25N3O/c1-4-13(2)18-15(16-3)17-10-11-19-12-14-8-6-5-7-9-14/h5-9,13H,4,10-12H2,1-3H3,(H2,16,17,18). The molecule has 4 nitrogen and oxygen atoms in total. The highest BCUT2D eigenvalue weighted by Crippen LogP contribution is 1.99. The molecule has 0 amide bonds. The SMILES string of the molecule is CCC(C)NC(=NC)NCCOCc1ccccc1. The van der Waals surface area contributed by atoms with Gasteiger partial charge in [0.2, 0.25) is 0 Å². The highest BCUT2D eigenvalue weighted by Gasteiger charge is 2.01. The number of nitrogens with one attached hydrogen (secondary N) is 2. The summed E-state index contributed by atoms with van der Waals surface area (Å²) in [7, 11) is 1.78. The van der Waals surface area contributed by atoms with Crippen LogP contribution < -0.4 is 10.6 Å². The molecule has 0 aliphatic heterocycles. The molecule has 0 aliphatic carbocycles. The van der Waals surface area contributed by atoms with E-state index in [0.717, 1.165) is 18.9 Å². The van der Waals surface area contributed by atoms with Gasteiger partial charge in [0.05, 0.1) is 13.2 Å². The zero-order chi connectivity index (χ0) is 13.9. The van der Waals surface area contributed by atoms with Crippen LogP contribution in [-0.2, 0) is 11.3 Å². The number of aliphatic imine (C=N–C) groups is 1. The summed E-state index contributed by atoms with van der Waals surface area (Å²) in [4.78, 5) is 4.17. The van der Waals surface area contributed by atoms with Crippen LogP contribution in [0.1, 0.15) is 25.8 Å². The van der Waals surface area contributed by atoms with Gasteiger partial charge in [-0.1, -0.05) is 37.3 Å². The maximum atomic E-state index is 5.60. The Balaban J connectivity index is 2.13. The third kappa shape index (κ3) is 6.82. The van der Waals surface area contributed by atoms with Crippen LogP contribution in [0.3, 0.4) is 0 Å². The van der Waals surface area contributed by atoms with Gasteiger partial charge in [-0.25, -0.2) is 0 Å². The summed E-state index contributed by atoms with van der Waals surface area (Å²) in [5, 5.41) is 6.54. The second-order valence-corrected chi connectivity index (χ2v) is 4.49. The van der Waals surface area contributed by atoms with Crippen molar-refractivity contribution in [2.75, 3.05) is 20.2 Å². The molecule has 0 aromatic heterocycles. The van der Waals surface area contributed by atoms with E-state index < -0.39 is 0 Å². The fraction of sp³-hybridized carbons (Fsp3) is 0.533. The van der Waals surface area contributed by atoms with Gasteiger partial charge in [-0.15, -0.1) is 0 Å². The fourth-order valence-electron chi connectivity index (χ4n) is 1.54. The number of benzene rings is 1. The van der Waals surface area contributed by atoms with Crippen molar-refractivity contribution in [1.29, 1.82) is 0 Å². The van der Waals surface area contributed by atoms with E-state index in [4.69, 9.17) is 4.74 Å². The molecule has 1 unspecified atom stereocenters. The van der Waals surface area contributed by atoms with E-state index >= 15 is 0 Å². The third-order valence-corrected chi connectivity index (χ3v) is 2.87. The molecule has 4 heteroatoms. The van der Waals surface area contributed by atoms with Gasteiger partial charge < -0.3 is 15.4 Å². The van der Waals surface area contributed by atoms with Gasteiger partial charge in [0, 0.05) is 19.6 Å². The molecule has 19 heavy (non-hydrogen) atoms. The molecule has 0 bridgehead atoms. The maximum Gasteiger partial charge on any atom is 0.191 e. The van der Waals surface area contributed by atoms with Crippen LogP contribution in [0.4, 0.5) is 0 Å². The first-order valence-electron chi connectivity index (χ1n) is 6.85. The second kappa shape index (κ2) is 9.39. The normalized spacial score (nSPS) is 13.1. The van der Waals surface area contributed by atoms with Crippen LogP contribution >= 0.6 is 0 Å². The summed E-state index contributed by atoms with van der Waals surface area (Å²) in [6.45, 7) is 6.35. The molecule has 106 valence electrons. The van der Waals surface area contributed by atoms with E-state index in [0.29, 0.717) is 19.3 Å².